The standard InChI is InChI=1S/C13H21N3/c1-8(2)11-7-12(14)16-13(15-11)10-5-4-9(3)6-10/h7-10H,4-6H2,1-3H3,(H2,14,15,16). The molecule has 0 aromatic carbocycles. The van der Waals surface area contributed by atoms with E-state index in [0.717, 1.165) is 17.4 Å². The SMILES string of the molecule is CC1CCC(c2nc(N)cc(C(C)C)n2)C1. The van der Waals surface area contributed by atoms with Crippen LogP contribution in [0.25, 0.3) is 0 Å². The number of nitrogen functional groups attached to an aromatic ring is 1. The zero-order valence-electron chi connectivity index (χ0n) is 10.4. The molecule has 0 spiro atoms. The van der Waals surface area contributed by atoms with E-state index in [1.54, 1.807) is 0 Å². The molecular formula is C13H21N3. The number of hydrogen-bond acceptors (Lipinski definition) is 3. The van der Waals surface area contributed by atoms with E-state index >= 15 is 0 Å². The van der Waals surface area contributed by atoms with Crippen LogP contribution in [0.2, 0.25) is 0 Å². The van der Waals surface area contributed by atoms with Crippen LogP contribution < -0.4 is 5.73 Å². The number of nitrogens with two attached hydrogens (primary N) is 1. The predicted octanol–water partition coefficient (Wildman–Crippen LogP) is 3.09. The molecule has 0 saturated heterocycles. The van der Waals surface area contributed by atoms with Gasteiger partial charge in [-0.05, 0) is 31.1 Å². The van der Waals surface area contributed by atoms with Gasteiger partial charge in [-0.2, -0.15) is 0 Å². The van der Waals surface area contributed by atoms with Gasteiger partial charge >= 0.3 is 0 Å². The summed E-state index contributed by atoms with van der Waals surface area (Å²) in [6, 6.07) is 1.90. The van der Waals surface area contributed by atoms with Gasteiger partial charge in [0.2, 0.25) is 0 Å². The summed E-state index contributed by atoms with van der Waals surface area (Å²) in [5, 5.41) is 0. The van der Waals surface area contributed by atoms with Crippen LogP contribution in [0.1, 0.15) is 63.4 Å². The molecule has 0 aliphatic heterocycles. The quantitative estimate of drug-likeness (QED) is 0.831. The topological polar surface area (TPSA) is 51.8 Å². The molecule has 0 amide bonds. The Labute approximate surface area is 97.5 Å². The fraction of sp³-hybridized carbons (Fsp3) is 0.692. The second-order valence-electron chi connectivity index (χ2n) is 5.35. The maximum Gasteiger partial charge on any atom is 0.134 e. The summed E-state index contributed by atoms with van der Waals surface area (Å²) in [5.41, 5.74) is 6.92. The predicted molar refractivity (Wildman–Crippen MR) is 66.3 cm³/mol. The Morgan fingerprint density at radius 1 is 1.31 bits per heavy atom. The Morgan fingerprint density at radius 2 is 2.06 bits per heavy atom. The van der Waals surface area contributed by atoms with Crippen LogP contribution in [0.5, 0.6) is 0 Å². The summed E-state index contributed by atoms with van der Waals surface area (Å²) in [6.45, 7) is 6.58. The summed E-state index contributed by atoms with van der Waals surface area (Å²) >= 11 is 0. The van der Waals surface area contributed by atoms with Crippen molar-refractivity contribution in [3.8, 4) is 0 Å². The van der Waals surface area contributed by atoms with Crippen molar-refractivity contribution in [3.63, 3.8) is 0 Å². The van der Waals surface area contributed by atoms with E-state index in [4.69, 9.17) is 5.73 Å². The van der Waals surface area contributed by atoms with Crippen molar-refractivity contribution < 1.29 is 0 Å². The van der Waals surface area contributed by atoms with E-state index in [9.17, 15) is 0 Å². The first-order chi connectivity index (χ1) is 7.56. The average molecular weight is 219 g/mol. The minimum atomic E-state index is 0.419. The lowest BCUT2D eigenvalue weighted by molar-refractivity contribution is 0.583. The lowest BCUT2D eigenvalue weighted by atomic mass is 10.0. The third-order valence-corrected chi connectivity index (χ3v) is 3.43. The van der Waals surface area contributed by atoms with Gasteiger partial charge in [-0.25, -0.2) is 9.97 Å². The van der Waals surface area contributed by atoms with Crippen LogP contribution >= 0.6 is 0 Å². The van der Waals surface area contributed by atoms with Crippen molar-refractivity contribution in [1.29, 1.82) is 0 Å². The van der Waals surface area contributed by atoms with E-state index < -0.39 is 0 Å². The van der Waals surface area contributed by atoms with Gasteiger partial charge in [0.05, 0.1) is 0 Å². The van der Waals surface area contributed by atoms with Crippen LogP contribution in [-0.4, -0.2) is 9.97 Å². The third-order valence-electron chi connectivity index (χ3n) is 3.43. The maximum atomic E-state index is 5.85. The maximum absolute atomic E-state index is 5.85. The third kappa shape index (κ3) is 2.34. The van der Waals surface area contributed by atoms with Gasteiger partial charge in [0.25, 0.3) is 0 Å². The molecule has 1 aromatic heterocycles. The molecule has 2 atom stereocenters. The molecule has 1 heterocycles. The lowest BCUT2D eigenvalue weighted by Gasteiger charge is -2.12. The molecule has 0 bridgehead atoms. The molecule has 2 rings (SSSR count). The van der Waals surface area contributed by atoms with Crippen LogP contribution in [0.15, 0.2) is 6.07 Å². The van der Waals surface area contributed by atoms with Gasteiger partial charge in [0.15, 0.2) is 0 Å². The average Bonchev–Trinajstić information content (AvgIpc) is 2.64. The van der Waals surface area contributed by atoms with Crippen molar-refractivity contribution in [2.75, 3.05) is 5.73 Å². The van der Waals surface area contributed by atoms with Crippen LogP contribution in [-0.2, 0) is 0 Å². The van der Waals surface area contributed by atoms with E-state index in [0.29, 0.717) is 17.7 Å². The second kappa shape index (κ2) is 4.40. The molecule has 1 aromatic rings. The highest BCUT2D eigenvalue weighted by Crippen LogP contribution is 2.36. The molecule has 2 N–H and O–H groups in total. The minimum absolute atomic E-state index is 0.419. The van der Waals surface area contributed by atoms with Crippen LogP contribution in [0.4, 0.5) is 5.82 Å². The van der Waals surface area contributed by atoms with Crippen molar-refractivity contribution in [3.05, 3.63) is 17.6 Å². The largest absolute Gasteiger partial charge is 0.384 e. The summed E-state index contributed by atoms with van der Waals surface area (Å²) < 4.78 is 0. The molecule has 88 valence electrons. The minimum Gasteiger partial charge on any atom is -0.384 e. The van der Waals surface area contributed by atoms with Crippen molar-refractivity contribution in [2.24, 2.45) is 5.92 Å². The first-order valence-corrected chi connectivity index (χ1v) is 6.20. The zero-order chi connectivity index (χ0) is 11.7. The van der Waals surface area contributed by atoms with Gasteiger partial charge in [-0.1, -0.05) is 20.8 Å². The van der Waals surface area contributed by atoms with E-state index in [1.165, 1.54) is 19.3 Å². The molecular weight excluding hydrogens is 198 g/mol. The fourth-order valence-corrected chi connectivity index (χ4v) is 2.43. The Morgan fingerprint density at radius 3 is 2.62 bits per heavy atom. The van der Waals surface area contributed by atoms with Gasteiger partial charge in [-0.3, -0.25) is 0 Å². The summed E-state index contributed by atoms with van der Waals surface area (Å²) in [4.78, 5) is 9.06. The smallest absolute Gasteiger partial charge is 0.134 e. The second-order valence-corrected chi connectivity index (χ2v) is 5.35. The highest BCUT2D eigenvalue weighted by molar-refractivity contribution is 5.31. The first kappa shape index (κ1) is 11.4. The Kier molecular flexibility index (Phi) is 3.13. The zero-order valence-corrected chi connectivity index (χ0v) is 10.4. The van der Waals surface area contributed by atoms with Crippen molar-refractivity contribution >= 4 is 5.82 Å². The summed E-state index contributed by atoms with van der Waals surface area (Å²) in [7, 11) is 0. The molecule has 3 heteroatoms. The molecule has 2 unspecified atom stereocenters. The van der Waals surface area contributed by atoms with Crippen molar-refractivity contribution in [2.45, 2.75) is 51.9 Å². The van der Waals surface area contributed by atoms with Gasteiger partial charge < -0.3 is 5.73 Å². The number of anilines is 1. The fourth-order valence-electron chi connectivity index (χ4n) is 2.43. The van der Waals surface area contributed by atoms with E-state index in [-0.39, 0.29) is 0 Å². The highest BCUT2D eigenvalue weighted by Gasteiger charge is 2.25. The molecule has 1 aliphatic rings. The summed E-state index contributed by atoms with van der Waals surface area (Å²) in [5.74, 6) is 3.33. The van der Waals surface area contributed by atoms with Crippen LogP contribution in [0, 0.1) is 5.92 Å². The molecule has 1 fully saturated rings. The monoisotopic (exact) mass is 219 g/mol. The number of nitrogens with zero attached hydrogens (tertiary/aromatic N) is 2. The number of rotatable bonds is 2. The molecule has 1 aliphatic carbocycles. The number of aromatic nitrogens is 2. The van der Waals surface area contributed by atoms with Gasteiger partial charge in [0.1, 0.15) is 11.6 Å². The Balaban J connectivity index is 2.27. The van der Waals surface area contributed by atoms with Gasteiger partial charge in [-0.15, -0.1) is 0 Å². The molecule has 3 nitrogen and oxygen atoms in total. The molecule has 1 saturated carbocycles. The van der Waals surface area contributed by atoms with Gasteiger partial charge in [0, 0.05) is 17.7 Å². The van der Waals surface area contributed by atoms with Crippen molar-refractivity contribution in [1.82, 2.24) is 9.97 Å². The first-order valence-electron chi connectivity index (χ1n) is 6.20. The Bertz CT molecular complexity index is 373. The van der Waals surface area contributed by atoms with Crippen LogP contribution in [0.3, 0.4) is 0 Å². The number of hydrogen-bond donors (Lipinski definition) is 1. The summed E-state index contributed by atoms with van der Waals surface area (Å²) in [6.07, 6.45) is 3.71. The van der Waals surface area contributed by atoms with E-state index in [2.05, 4.69) is 30.7 Å². The lowest BCUT2D eigenvalue weighted by Crippen LogP contribution is -2.07. The highest BCUT2D eigenvalue weighted by atomic mass is 15.0. The van der Waals surface area contributed by atoms with E-state index in [1.807, 2.05) is 6.07 Å². The molecule has 16 heavy (non-hydrogen) atoms. The Hall–Kier alpha value is -1.12. The molecule has 0 radical (unpaired) electrons. The normalized spacial score (nSPS) is 25.2.